The highest BCUT2D eigenvalue weighted by Gasteiger charge is 2.50. The van der Waals surface area contributed by atoms with Gasteiger partial charge < -0.3 is 28.8 Å². The second kappa shape index (κ2) is 7.33. The third-order valence-corrected chi connectivity index (χ3v) is 5.11. The highest BCUT2D eigenvalue weighted by Crippen LogP contribution is 2.50. The molecule has 0 unspecified atom stereocenters. The Balaban J connectivity index is 1.74. The molecule has 4 atom stereocenters. The van der Waals surface area contributed by atoms with Crippen molar-refractivity contribution >= 4 is 17.7 Å². The van der Waals surface area contributed by atoms with Gasteiger partial charge in [0.05, 0.1) is 31.4 Å². The number of hydrogen-bond acceptors (Lipinski definition) is 8. The Kier molecular flexibility index (Phi) is 4.86. The number of fused-ring (bicyclic) bond motifs is 5. The molecular formula is C19H21NO8. The number of aliphatic hydroxyl groups excluding tert-OH is 1. The van der Waals surface area contributed by atoms with E-state index in [1.165, 1.54) is 18.1 Å². The fourth-order valence-electron chi connectivity index (χ4n) is 3.87. The molecular weight excluding hydrogens is 370 g/mol. The van der Waals surface area contributed by atoms with Gasteiger partial charge in [-0.15, -0.1) is 0 Å². The van der Waals surface area contributed by atoms with Crippen LogP contribution in [-0.4, -0.2) is 55.9 Å². The Hall–Kier alpha value is -2.78. The summed E-state index contributed by atoms with van der Waals surface area (Å²) in [6.45, 7) is 3.65. The van der Waals surface area contributed by atoms with E-state index < -0.39 is 36.4 Å². The molecule has 1 fully saturated rings. The number of nitrogens with zero attached hydrogens (tertiary/aromatic N) is 1. The Bertz CT molecular complexity index is 809. The van der Waals surface area contributed by atoms with Crippen molar-refractivity contribution in [2.45, 2.75) is 37.2 Å². The maximum Gasteiger partial charge on any atom is 0.414 e. The second-order valence-electron chi connectivity index (χ2n) is 6.75. The fraction of sp³-hybridized carbons (Fsp3) is 0.474. The molecule has 3 aliphatic rings. The van der Waals surface area contributed by atoms with Gasteiger partial charge in [-0.1, -0.05) is 12.7 Å². The molecule has 1 saturated heterocycles. The van der Waals surface area contributed by atoms with Gasteiger partial charge in [-0.3, -0.25) is 9.69 Å². The molecule has 9 nitrogen and oxygen atoms in total. The molecule has 3 heterocycles. The average molecular weight is 391 g/mol. The normalized spacial score (nSPS) is 27.0. The van der Waals surface area contributed by atoms with Crippen molar-refractivity contribution in [3.05, 3.63) is 30.4 Å². The van der Waals surface area contributed by atoms with Gasteiger partial charge >= 0.3 is 12.1 Å². The molecule has 9 heteroatoms. The number of ether oxygens (including phenoxy) is 5. The summed E-state index contributed by atoms with van der Waals surface area (Å²) in [5.74, 6) is 0.578. The van der Waals surface area contributed by atoms with Crippen LogP contribution in [0.15, 0.2) is 24.8 Å². The van der Waals surface area contributed by atoms with Crippen LogP contribution in [0.1, 0.15) is 24.5 Å². The van der Waals surface area contributed by atoms with E-state index in [1.807, 2.05) is 0 Å². The lowest BCUT2D eigenvalue weighted by Gasteiger charge is -2.48. The zero-order chi connectivity index (χ0) is 19.8. The predicted octanol–water partition coefficient (Wildman–Crippen LogP) is 1.68. The van der Waals surface area contributed by atoms with Crippen molar-refractivity contribution in [2.75, 3.05) is 25.4 Å². The maximum absolute atomic E-state index is 12.8. The molecule has 2 bridgehead atoms. The van der Waals surface area contributed by atoms with Crippen molar-refractivity contribution in [3.63, 3.8) is 0 Å². The van der Waals surface area contributed by atoms with E-state index in [-0.39, 0.29) is 26.2 Å². The number of benzene rings is 1. The fourth-order valence-corrected chi connectivity index (χ4v) is 3.87. The summed E-state index contributed by atoms with van der Waals surface area (Å²) in [6, 6.07) is 2.75. The van der Waals surface area contributed by atoms with Crippen molar-refractivity contribution in [2.24, 2.45) is 0 Å². The molecule has 0 saturated carbocycles. The summed E-state index contributed by atoms with van der Waals surface area (Å²) < 4.78 is 26.8. The second-order valence-corrected chi connectivity index (χ2v) is 6.75. The smallest absolute Gasteiger partial charge is 0.414 e. The number of esters is 1. The average Bonchev–Trinajstić information content (AvgIpc) is 3.14. The molecule has 150 valence electrons. The molecule has 0 aliphatic carbocycles. The number of anilines is 1. The first-order valence-corrected chi connectivity index (χ1v) is 8.94. The van der Waals surface area contributed by atoms with Crippen LogP contribution in [0.25, 0.3) is 0 Å². The molecule has 1 amide bonds. The van der Waals surface area contributed by atoms with Crippen LogP contribution >= 0.6 is 0 Å². The summed E-state index contributed by atoms with van der Waals surface area (Å²) >= 11 is 0. The number of amides is 1. The minimum absolute atomic E-state index is 0.0195. The molecule has 0 spiro atoms. The number of carbonyl (C=O) groups excluding carboxylic acids is 2. The summed E-state index contributed by atoms with van der Waals surface area (Å²) in [7, 11) is 1.30. The molecule has 1 aromatic carbocycles. The lowest BCUT2D eigenvalue weighted by Crippen LogP contribution is -2.58. The molecule has 0 radical (unpaired) electrons. The van der Waals surface area contributed by atoms with Crippen LogP contribution in [0.5, 0.6) is 11.5 Å². The quantitative estimate of drug-likeness (QED) is 0.611. The monoisotopic (exact) mass is 391 g/mol. The largest absolute Gasteiger partial charge is 0.469 e. The lowest BCUT2D eigenvalue weighted by molar-refractivity contribution is -0.158. The van der Waals surface area contributed by atoms with Gasteiger partial charge in [0, 0.05) is 11.6 Å². The van der Waals surface area contributed by atoms with Crippen molar-refractivity contribution in [1.82, 2.24) is 0 Å². The van der Waals surface area contributed by atoms with Crippen LogP contribution in [0, 0.1) is 0 Å². The molecule has 28 heavy (non-hydrogen) atoms. The van der Waals surface area contributed by atoms with Crippen LogP contribution in [0.2, 0.25) is 0 Å². The molecule has 1 N–H and O–H groups in total. The van der Waals surface area contributed by atoms with Gasteiger partial charge in [0.15, 0.2) is 11.5 Å². The van der Waals surface area contributed by atoms with Crippen molar-refractivity contribution in [1.29, 1.82) is 0 Å². The minimum Gasteiger partial charge on any atom is -0.469 e. The highest BCUT2D eigenvalue weighted by atomic mass is 16.7. The minimum atomic E-state index is -0.988. The Morgan fingerprint density at radius 3 is 2.82 bits per heavy atom. The van der Waals surface area contributed by atoms with Gasteiger partial charge in [0.1, 0.15) is 18.8 Å². The highest BCUT2D eigenvalue weighted by molar-refractivity contribution is 5.91. The van der Waals surface area contributed by atoms with E-state index in [1.54, 1.807) is 12.1 Å². The Morgan fingerprint density at radius 2 is 2.11 bits per heavy atom. The summed E-state index contributed by atoms with van der Waals surface area (Å²) in [5, 5.41) is 10.9. The van der Waals surface area contributed by atoms with Gasteiger partial charge in [0.25, 0.3) is 0 Å². The summed E-state index contributed by atoms with van der Waals surface area (Å²) in [4.78, 5) is 25.9. The van der Waals surface area contributed by atoms with E-state index in [2.05, 4.69) is 6.58 Å². The zero-order valence-corrected chi connectivity index (χ0v) is 15.3. The lowest BCUT2D eigenvalue weighted by atomic mass is 9.84. The van der Waals surface area contributed by atoms with Gasteiger partial charge in [-0.05, 0) is 12.5 Å². The number of carbonyl (C=O) groups is 2. The Morgan fingerprint density at radius 1 is 1.36 bits per heavy atom. The maximum atomic E-state index is 12.8. The van der Waals surface area contributed by atoms with E-state index >= 15 is 0 Å². The van der Waals surface area contributed by atoms with Gasteiger partial charge in [0.2, 0.25) is 6.79 Å². The number of aliphatic hydroxyl groups is 1. The van der Waals surface area contributed by atoms with Gasteiger partial charge in [-0.25, -0.2) is 4.79 Å². The van der Waals surface area contributed by atoms with Gasteiger partial charge in [-0.2, -0.15) is 0 Å². The molecule has 4 rings (SSSR count). The first-order valence-electron chi connectivity index (χ1n) is 8.94. The van der Waals surface area contributed by atoms with E-state index in [9.17, 15) is 14.7 Å². The van der Waals surface area contributed by atoms with E-state index in [0.717, 1.165) is 0 Å². The van der Waals surface area contributed by atoms with Crippen molar-refractivity contribution < 1.29 is 38.4 Å². The first-order chi connectivity index (χ1) is 13.5. The number of rotatable bonds is 4. The SMILES string of the molecule is C=CCOC(=O)N1c2cc3c(cc2[C@H]2O[C@H](CC(=O)OC)C[C@H]1[C@@H]2O)OCO3. The predicted molar refractivity (Wildman–Crippen MR) is 95.2 cm³/mol. The molecule has 0 aromatic heterocycles. The van der Waals surface area contributed by atoms with Crippen molar-refractivity contribution in [3.8, 4) is 11.5 Å². The zero-order valence-electron chi connectivity index (χ0n) is 15.3. The van der Waals surface area contributed by atoms with E-state index in [0.29, 0.717) is 22.7 Å². The molecule has 3 aliphatic heterocycles. The Labute approximate surface area is 161 Å². The van der Waals surface area contributed by atoms with Crippen LogP contribution < -0.4 is 14.4 Å². The third-order valence-electron chi connectivity index (χ3n) is 5.11. The van der Waals surface area contributed by atoms with E-state index in [4.69, 9.17) is 23.7 Å². The number of methoxy groups -OCH3 is 1. The summed E-state index contributed by atoms with van der Waals surface area (Å²) in [6.07, 6.45) is -1.11. The van der Waals surface area contributed by atoms with Crippen LogP contribution in [-0.2, 0) is 19.0 Å². The van der Waals surface area contributed by atoms with Crippen LogP contribution in [0.4, 0.5) is 10.5 Å². The first kappa shape index (κ1) is 18.6. The summed E-state index contributed by atoms with van der Waals surface area (Å²) in [5.41, 5.74) is 1.09. The standard InChI is InChI=1S/C19H21NO8/c1-3-4-25-19(23)20-12-8-15-14(26-9-27-15)7-11(12)18-17(22)13(20)5-10(28-18)6-16(21)24-2/h3,7-8,10,13,17-18,22H,1,4-6,9H2,2H3/t10-,13-,17-,18+/m0/s1. The third kappa shape index (κ3) is 3.06. The number of hydrogen-bond donors (Lipinski definition) is 1. The molecule has 1 aromatic rings. The topological polar surface area (TPSA) is 104 Å². The van der Waals surface area contributed by atoms with Crippen LogP contribution in [0.3, 0.4) is 0 Å².